The summed E-state index contributed by atoms with van der Waals surface area (Å²) in [7, 11) is -2.43. The van der Waals surface area contributed by atoms with Gasteiger partial charge in [0.05, 0.1) is 41.5 Å². The molecule has 8 nitrogen and oxygen atoms in total. The van der Waals surface area contributed by atoms with Crippen LogP contribution >= 0.6 is 11.6 Å². The molecule has 2 aromatic rings. The average molecular weight is 412 g/mol. The zero-order valence-corrected chi connectivity index (χ0v) is 16.1. The molecule has 0 saturated carbocycles. The normalized spacial score (nSPS) is 18.1. The van der Waals surface area contributed by atoms with Gasteiger partial charge in [0, 0.05) is 6.54 Å². The molecule has 1 aliphatic heterocycles. The lowest BCUT2D eigenvalue weighted by atomic mass is 10.1. The van der Waals surface area contributed by atoms with E-state index in [0.717, 1.165) is 0 Å². The first-order valence-electron chi connectivity index (χ1n) is 8.23. The Labute approximate surface area is 162 Å². The first kappa shape index (κ1) is 19.5. The molecule has 144 valence electrons. The van der Waals surface area contributed by atoms with Gasteiger partial charge in [0.15, 0.2) is 0 Å². The lowest BCUT2D eigenvalue weighted by Gasteiger charge is -2.31. The van der Waals surface area contributed by atoms with Crippen molar-refractivity contribution in [3.8, 4) is 6.01 Å². The summed E-state index contributed by atoms with van der Waals surface area (Å²) >= 11 is 5.75. The van der Waals surface area contributed by atoms with E-state index in [9.17, 15) is 13.2 Å². The molecule has 1 atom stereocenters. The highest BCUT2D eigenvalue weighted by Gasteiger charge is 2.31. The van der Waals surface area contributed by atoms with Gasteiger partial charge in [0.25, 0.3) is 0 Å². The standard InChI is InChI=1S/C17H18ClN3O5S/c1-25-16(22)12-4-6-15(7-5-12)27(23,24)21-8-2-3-14(11-21)26-17-19-9-13(18)10-20-17/h4-7,9-10,14H,2-3,8,11H2,1H3. The molecule has 1 aliphatic rings. The number of halogens is 1. The van der Waals surface area contributed by atoms with Gasteiger partial charge in [-0.25, -0.2) is 23.2 Å². The Kier molecular flexibility index (Phi) is 5.93. The molecule has 1 aromatic carbocycles. The third kappa shape index (κ3) is 4.55. The minimum absolute atomic E-state index is 0.110. The van der Waals surface area contributed by atoms with Crippen LogP contribution in [0.5, 0.6) is 6.01 Å². The number of methoxy groups -OCH3 is 1. The van der Waals surface area contributed by atoms with Gasteiger partial charge in [-0.2, -0.15) is 4.31 Å². The van der Waals surface area contributed by atoms with Crippen LogP contribution < -0.4 is 4.74 Å². The lowest BCUT2D eigenvalue weighted by molar-refractivity contribution is 0.0600. The third-order valence-electron chi connectivity index (χ3n) is 4.12. The molecule has 27 heavy (non-hydrogen) atoms. The van der Waals surface area contributed by atoms with Gasteiger partial charge in [-0.3, -0.25) is 0 Å². The molecule has 3 rings (SSSR count). The Morgan fingerprint density at radius 3 is 2.52 bits per heavy atom. The number of esters is 1. The molecular weight excluding hydrogens is 394 g/mol. The van der Waals surface area contributed by atoms with E-state index in [1.165, 1.54) is 48.1 Å². The van der Waals surface area contributed by atoms with Crippen molar-refractivity contribution in [1.82, 2.24) is 14.3 Å². The number of ether oxygens (including phenoxy) is 2. The minimum Gasteiger partial charge on any atom is -0.465 e. The molecule has 0 spiro atoms. The van der Waals surface area contributed by atoms with Crippen molar-refractivity contribution >= 4 is 27.6 Å². The van der Waals surface area contributed by atoms with E-state index in [1.54, 1.807) is 0 Å². The van der Waals surface area contributed by atoms with Gasteiger partial charge >= 0.3 is 12.0 Å². The summed E-state index contributed by atoms with van der Waals surface area (Å²) < 4.78 is 37.4. The Balaban J connectivity index is 1.72. The average Bonchev–Trinajstić information content (AvgIpc) is 2.69. The molecule has 2 heterocycles. The zero-order chi connectivity index (χ0) is 19.4. The van der Waals surface area contributed by atoms with Gasteiger partial charge < -0.3 is 9.47 Å². The summed E-state index contributed by atoms with van der Waals surface area (Å²) in [6, 6.07) is 5.81. The predicted octanol–water partition coefficient (Wildman–Crippen LogP) is 2.15. The van der Waals surface area contributed by atoms with Gasteiger partial charge in [-0.1, -0.05) is 11.6 Å². The first-order valence-corrected chi connectivity index (χ1v) is 10.0. The fraction of sp³-hybridized carbons (Fsp3) is 0.353. The largest absolute Gasteiger partial charge is 0.465 e. The molecule has 1 unspecified atom stereocenters. The topological polar surface area (TPSA) is 98.7 Å². The van der Waals surface area contributed by atoms with E-state index in [0.29, 0.717) is 24.4 Å². The van der Waals surface area contributed by atoms with Gasteiger partial charge in [0.2, 0.25) is 10.0 Å². The van der Waals surface area contributed by atoms with Crippen LogP contribution in [-0.2, 0) is 14.8 Å². The summed E-state index contributed by atoms with van der Waals surface area (Å²) in [6.07, 6.45) is 3.83. The van der Waals surface area contributed by atoms with Crippen molar-refractivity contribution in [2.75, 3.05) is 20.2 Å². The first-order chi connectivity index (χ1) is 12.9. The Morgan fingerprint density at radius 1 is 1.22 bits per heavy atom. The zero-order valence-electron chi connectivity index (χ0n) is 14.5. The second kappa shape index (κ2) is 8.20. The van der Waals surface area contributed by atoms with Crippen molar-refractivity contribution in [3.63, 3.8) is 0 Å². The number of hydrogen-bond donors (Lipinski definition) is 0. The number of carbonyl (C=O) groups excluding carboxylic acids is 1. The molecule has 1 aromatic heterocycles. The summed E-state index contributed by atoms with van der Waals surface area (Å²) in [4.78, 5) is 19.6. The molecule has 0 amide bonds. The molecule has 10 heteroatoms. The molecule has 0 N–H and O–H groups in total. The number of rotatable bonds is 5. The Morgan fingerprint density at radius 2 is 1.89 bits per heavy atom. The molecule has 1 fully saturated rings. The minimum atomic E-state index is -3.70. The van der Waals surface area contributed by atoms with Crippen molar-refractivity contribution < 1.29 is 22.7 Å². The highest BCUT2D eigenvalue weighted by Crippen LogP contribution is 2.23. The smallest absolute Gasteiger partial charge is 0.337 e. The maximum Gasteiger partial charge on any atom is 0.337 e. The van der Waals surface area contributed by atoms with Crippen LogP contribution in [0.25, 0.3) is 0 Å². The maximum atomic E-state index is 12.9. The van der Waals surface area contributed by atoms with E-state index < -0.39 is 16.0 Å². The van der Waals surface area contributed by atoms with E-state index >= 15 is 0 Å². The number of carbonyl (C=O) groups is 1. The van der Waals surface area contributed by atoms with Crippen molar-refractivity contribution in [3.05, 3.63) is 47.2 Å². The second-order valence-corrected chi connectivity index (χ2v) is 8.32. The van der Waals surface area contributed by atoms with Crippen LogP contribution in [0.4, 0.5) is 0 Å². The Bertz CT molecular complexity index is 903. The number of hydrogen-bond acceptors (Lipinski definition) is 7. The number of benzene rings is 1. The van der Waals surface area contributed by atoms with Gasteiger partial charge in [0.1, 0.15) is 6.10 Å². The number of nitrogens with zero attached hydrogens (tertiary/aromatic N) is 3. The lowest BCUT2D eigenvalue weighted by Crippen LogP contribution is -2.44. The predicted molar refractivity (Wildman–Crippen MR) is 97.2 cm³/mol. The third-order valence-corrected chi connectivity index (χ3v) is 6.20. The van der Waals surface area contributed by atoms with Gasteiger partial charge in [-0.15, -0.1) is 0 Å². The SMILES string of the molecule is COC(=O)c1ccc(S(=O)(=O)N2CCCC(Oc3ncc(Cl)cn3)C2)cc1. The summed E-state index contributed by atoms with van der Waals surface area (Å²) in [5.74, 6) is -0.520. The quantitative estimate of drug-likeness (QED) is 0.695. The van der Waals surface area contributed by atoms with Crippen LogP contribution in [0.2, 0.25) is 5.02 Å². The second-order valence-electron chi connectivity index (χ2n) is 5.94. The maximum absolute atomic E-state index is 12.9. The van der Waals surface area contributed by atoms with Crippen LogP contribution in [-0.4, -0.2) is 55.0 Å². The number of piperidine rings is 1. The number of sulfonamides is 1. The highest BCUT2D eigenvalue weighted by molar-refractivity contribution is 7.89. The monoisotopic (exact) mass is 411 g/mol. The van der Waals surface area contributed by atoms with Crippen molar-refractivity contribution in [1.29, 1.82) is 0 Å². The van der Waals surface area contributed by atoms with Crippen molar-refractivity contribution in [2.24, 2.45) is 0 Å². The Hall–Kier alpha value is -2.23. The molecule has 0 radical (unpaired) electrons. The van der Waals surface area contributed by atoms with Crippen molar-refractivity contribution in [2.45, 2.75) is 23.8 Å². The summed E-state index contributed by atoms with van der Waals surface area (Å²) in [5.41, 5.74) is 0.288. The summed E-state index contributed by atoms with van der Waals surface area (Å²) in [5, 5.41) is 0.394. The molecular formula is C17H18ClN3O5S. The van der Waals surface area contributed by atoms with Crippen LogP contribution in [0, 0.1) is 0 Å². The van der Waals surface area contributed by atoms with Crippen LogP contribution in [0.15, 0.2) is 41.6 Å². The van der Waals surface area contributed by atoms with E-state index in [2.05, 4.69) is 14.7 Å². The fourth-order valence-electron chi connectivity index (χ4n) is 2.76. The molecule has 0 bridgehead atoms. The number of aromatic nitrogens is 2. The molecule has 0 aliphatic carbocycles. The molecule has 1 saturated heterocycles. The van der Waals surface area contributed by atoms with Crippen LogP contribution in [0.3, 0.4) is 0 Å². The van der Waals surface area contributed by atoms with E-state index in [4.69, 9.17) is 16.3 Å². The van der Waals surface area contributed by atoms with Crippen LogP contribution in [0.1, 0.15) is 23.2 Å². The highest BCUT2D eigenvalue weighted by atomic mass is 35.5. The fourth-order valence-corrected chi connectivity index (χ4v) is 4.37. The summed E-state index contributed by atoms with van der Waals surface area (Å²) in [6.45, 7) is 0.579. The van der Waals surface area contributed by atoms with E-state index in [1.807, 2.05) is 0 Å². The van der Waals surface area contributed by atoms with E-state index in [-0.39, 0.29) is 29.1 Å². The van der Waals surface area contributed by atoms with Gasteiger partial charge in [-0.05, 0) is 37.1 Å².